The van der Waals surface area contributed by atoms with Crippen molar-refractivity contribution in [3.05, 3.63) is 87.2 Å². The summed E-state index contributed by atoms with van der Waals surface area (Å²) in [6.07, 6.45) is 0. The Kier molecular flexibility index (Phi) is 4.83. The van der Waals surface area contributed by atoms with Crippen LogP contribution in [0.1, 0.15) is 51.3 Å². The maximum Gasteiger partial charge on any atom is 0.209 e. The lowest BCUT2D eigenvalue weighted by molar-refractivity contribution is 0.103. The van der Waals surface area contributed by atoms with Gasteiger partial charge in [-0.15, -0.1) is 0 Å². The Morgan fingerprint density at radius 1 is 1.19 bits per heavy atom. The van der Waals surface area contributed by atoms with Crippen molar-refractivity contribution in [2.75, 3.05) is 5.73 Å². The fraction of sp³-hybridized carbons (Fsp3) is 0.143. The van der Waals surface area contributed by atoms with Crippen LogP contribution in [0.4, 0.5) is 5.69 Å². The van der Waals surface area contributed by atoms with E-state index >= 15 is 0 Å². The number of nitriles is 1. The Bertz CT molecular complexity index is 1010. The monoisotopic (exact) mass is 363 g/mol. The molecule has 26 heavy (non-hydrogen) atoms. The molecule has 0 amide bonds. The third-order valence-corrected chi connectivity index (χ3v) is 4.75. The van der Waals surface area contributed by atoms with Gasteiger partial charge in [-0.2, -0.15) is 5.26 Å². The zero-order valence-corrected chi connectivity index (χ0v) is 15.3. The van der Waals surface area contributed by atoms with Crippen molar-refractivity contribution in [3.63, 3.8) is 0 Å². The van der Waals surface area contributed by atoms with E-state index in [0.29, 0.717) is 27.5 Å². The van der Waals surface area contributed by atoms with E-state index in [-0.39, 0.29) is 11.7 Å². The Labute approximate surface area is 157 Å². The van der Waals surface area contributed by atoms with Crippen LogP contribution < -0.4 is 5.73 Å². The summed E-state index contributed by atoms with van der Waals surface area (Å²) in [7, 11) is 0. The van der Waals surface area contributed by atoms with Crippen LogP contribution in [0.5, 0.6) is 0 Å². The van der Waals surface area contributed by atoms with Crippen LogP contribution in [0, 0.1) is 18.3 Å². The highest BCUT2D eigenvalue weighted by atomic mass is 35.5. The molecule has 0 bridgehead atoms. The first-order valence-electron chi connectivity index (χ1n) is 8.20. The molecule has 1 unspecified atom stereocenters. The zero-order chi connectivity index (χ0) is 18.8. The van der Waals surface area contributed by atoms with Crippen molar-refractivity contribution in [1.82, 2.24) is 4.98 Å². The molecule has 1 aromatic heterocycles. The summed E-state index contributed by atoms with van der Waals surface area (Å²) < 4.78 is 0. The highest BCUT2D eigenvalue weighted by Gasteiger charge is 2.20. The molecule has 1 heterocycles. The number of aromatic amines is 1. The van der Waals surface area contributed by atoms with E-state index in [0.717, 1.165) is 16.8 Å². The number of ketones is 1. The van der Waals surface area contributed by atoms with Gasteiger partial charge in [-0.05, 0) is 60.5 Å². The average molecular weight is 364 g/mol. The molecule has 5 heteroatoms. The zero-order valence-electron chi connectivity index (χ0n) is 14.5. The standard InChI is InChI=1S/C21H18ClN3O/c1-12-9-19(13(2)18-8-7-17(24)10-15(18)11-23)25-20(12)21(26)14-3-5-16(22)6-4-14/h3-10,13,25H,24H2,1-2H3. The molecular weight excluding hydrogens is 346 g/mol. The van der Waals surface area contributed by atoms with Crippen molar-refractivity contribution in [3.8, 4) is 6.07 Å². The number of carbonyl (C=O) groups is 1. The van der Waals surface area contributed by atoms with Crippen molar-refractivity contribution in [2.45, 2.75) is 19.8 Å². The Hall–Kier alpha value is -3.03. The van der Waals surface area contributed by atoms with Crippen molar-refractivity contribution in [2.24, 2.45) is 0 Å². The summed E-state index contributed by atoms with van der Waals surface area (Å²) in [6.45, 7) is 3.89. The van der Waals surface area contributed by atoms with Crippen LogP contribution in [-0.4, -0.2) is 10.8 Å². The molecule has 0 saturated carbocycles. The third kappa shape index (κ3) is 3.35. The quantitative estimate of drug-likeness (QED) is 0.515. The van der Waals surface area contributed by atoms with Gasteiger partial charge < -0.3 is 10.7 Å². The number of nitrogens with one attached hydrogen (secondary N) is 1. The van der Waals surface area contributed by atoms with E-state index in [4.69, 9.17) is 17.3 Å². The SMILES string of the molecule is Cc1cc(C(C)c2ccc(N)cc2C#N)[nH]c1C(=O)c1ccc(Cl)cc1. The van der Waals surface area contributed by atoms with Gasteiger partial charge in [-0.25, -0.2) is 0 Å². The largest absolute Gasteiger partial charge is 0.399 e. The van der Waals surface area contributed by atoms with E-state index in [1.54, 1.807) is 36.4 Å². The van der Waals surface area contributed by atoms with Gasteiger partial charge in [0.05, 0.1) is 17.3 Å². The molecule has 3 rings (SSSR count). The summed E-state index contributed by atoms with van der Waals surface area (Å²) in [4.78, 5) is 16.0. The van der Waals surface area contributed by atoms with E-state index in [2.05, 4.69) is 11.1 Å². The van der Waals surface area contributed by atoms with Crippen molar-refractivity contribution < 1.29 is 4.79 Å². The number of nitrogens with zero attached hydrogens (tertiary/aromatic N) is 1. The first-order chi connectivity index (χ1) is 12.4. The van der Waals surface area contributed by atoms with Gasteiger partial charge in [0.2, 0.25) is 5.78 Å². The number of rotatable bonds is 4. The summed E-state index contributed by atoms with van der Waals surface area (Å²) in [5.74, 6) is -0.161. The molecule has 3 N–H and O–H groups in total. The van der Waals surface area contributed by atoms with Crippen LogP contribution in [0.2, 0.25) is 5.02 Å². The predicted molar refractivity (Wildman–Crippen MR) is 104 cm³/mol. The lowest BCUT2D eigenvalue weighted by Crippen LogP contribution is -2.05. The molecule has 3 aromatic rings. The third-order valence-electron chi connectivity index (χ3n) is 4.50. The smallest absolute Gasteiger partial charge is 0.209 e. The topological polar surface area (TPSA) is 82.7 Å². The molecule has 0 fully saturated rings. The molecule has 0 saturated heterocycles. The molecule has 4 nitrogen and oxygen atoms in total. The highest BCUT2D eigenvalue weighted by molar-refractivity contribution is 6.30. The minimum absolute atomic E-state index is 0.0734. The first-order valence-corrected chi connectivity index (χ1v) is 8.57. The Balaban J connectivity index is 1.96. The molecule has 1 atom stereocenters. The van der Waals surface area contributed by atoms with Gasteiger partial charge in [0.15, 0.2) is 0 Å². The molecule has 0 radical (unpaired) electrons. The molecule has 130 valence electrons. The maximum atomic E-state index is 12.8. The van der Waals surface area contributed by atoms with Gasteiger partial charge in [0.25, 0.3) is 0 Å². The molecule has 0 aliphatic heterocycles. The summed E-state index contributed by atoms with van der Waals surface area (Å²) in [6, 6.07) is 16.3. The van der Waals surface area contributed by atoms with Gasteiger partial charge in [-0.1, -0.05) is 24.6 Å². The fourth-order valence-corrected chi connectivity index (χ4v) is 3.14. The van der Waals surface area contributed by atoms with E-state index in [1.165, 1.54) is 0 Å². The van der Waals surface area contributed by atoms with Crippen molar-refractivity contribution >= 4 is 23.1 Å². The minimum atomic E-state index is -0.0876. The number of nitrogen functional groups attached to an aromatic ring is 1. The minimum Gasteiger partial charge on any atom is -0.399 e. The second kappa shape index (κ2) is 7.07. The molecule has 0 aliphatic carbocycles. The number of hydrogen-bond acceptors (Lipinski definition) is 3. The number of aromatic nitrogens is 1. The number of nitrogens with two attached hydrogens (primary N) is 1. The second-order valence-corrected chi connectivity index (χ2v) is 6.74. The summed E-state index contributed by atoms with van der Waals surface area (Å²) in [5.41, 5.74) is 10.6. The lowest BCUT2D eigenvalue weighted by Gasteiger charge is -2.12. The van der Waals surface area contributed by atoms with E-state index < -0.39 is 0 Å². The highest BCUT2D eigenvalue weighted by Crippen LogP contribution is 2.29. The Morgan fingerprint density at radius 2 is 1.88 bits per heavy atom. The van der Waals surface area contributed by atoms with Gasteiger partial charge in [0.1, 0.15) is 0 Å². The van der Waals surface area contributed by atoms with Gasteiger partial charge >= 0.3 is 0 Å². The number of aryl methyl sites for hydroxylation is 1. The van der Waals surface area contributed by atoms with Crippen LogP contribution in [0.15, 0.2) is 48.5 Å². The predicted octanol–water partition coefficient (Wildman–Crippen LogP) is 4.81. The van der Waals surface area contributed by atoms with Crippen LogP contribution in [0.25, 0.3) is 0 Å². The van der Waals surface area contributed by atoms with Crippen LogP contribution in [-0.2, 0) is 0 Å². The second-order valence-electron chi connectivity index (χ2n) is 6.30. The van der Waals surface area contributed by atoms with Gasteiger partial charge in [0, 0.05) is 27.9 Å². The number of carbonyl (C=O) groups excluding carboxylic acids is 1. The number of hydrogen-bond donors (Lipinski definition) is 2. The molecule has 2 aromatic carbocycles. The molecule has 0 aliphatic rings. The van der Waals surface area contributed by atoms with Crippen molar-refractivity contribution in [1.29, 1.82) is 5.26 Å². The average Bonchev–Trinajstić information content (AvgIpc) is 3.02. The summed E-state index contributed by atoms with van der Waals surface area (Å²) in [5, 5.41) is 9.97. The fourth-order valence-electron chi connectivity index (χ4n) is 3.01. The van der Waals surface area contributed by atoms with Gasteiger partial charge in [-0.3, -0.25) is 4.79 Å². The van der Waals surface area contributed by atoms with Crippen LogP contribution >= 0.6 is 11.6 Å². The lowest BCUT2D eigenvalue weighted by atomic mass is 9.93. The number of benzene rings is 2. The molecular formula is C21H18ClN3O. The first kappa shape index (κ1) is 17.8. The number of H-pyrrole nitrogens is 1. The normalized spacial score (nSPS) is 11.8. The molecule has 0 spiro atoms. The van der Waals surface area contributed by atoms with Crippen LogP contribution in [0.3, 0.4) is 0 Å². The number of halogens is 1. The Morgan fingerprint density at radius 3 is 2.54 bits per heavy atom. The number of anilines is 1. The van der Waals surface area contributed by atoms with E-state index in [1.807, 2.05) is 26.0 Å². The maximum absolute atomic E-state index is 12.8. The summed E-state index contributed by atoms with van der Waals surface area (Å²) >= 11 is 5.89. The van der Waals surface area contributed by atoms with E-state index in [9.17, 15) is 10.1 Å².